The fourth-order valence-corrected chi connectivity index (χ4v) is 2.77. The molecule has 0 bridgehead atoms. The van der Waals surface area contributed by atoms with Crippen molar-refractivity contribution in [1.29, 1.82) is 0 Å². The van der Waals surface area contributed by atoms with Gasteiger partial charge in [-0.2, -0.15) is 4.57 Å². The summed E-state index contributed by atoms with van der Waals surface area (Å²) < 4.78 is 13.3. The molecule has 1 fully saturated rings. The summed E-state index contributed by atoms with van der Waals surface area (Å²) in [4.78, 5) is 0. The number of rotatable bonds is 3. The van der Waals surface area contributed by atoms with E-state index in [0.717, 1.165) is 11.6 Å². The molecule has 0 radical (unpaired) electrons. The number of aromatic nitrogens is 1. The third-order valence-corrected chi connectivity index (χ3v) is 3.66. The molecule has 18 heavy (non-hydrogen) atoms. The first-order chi connectivity index (χ1) is 8.43. The third kappa shape index (κ3) is 2.98. The van der Waals surface area contributed by atoms with E-state index in [9.17, 15) is 0 Å². The molecule has 3 rings (SSSR count). The summed E-state index contributed by atoms with van der Waals surface area (Å²) in [5.41, 5.74) is 1.29. The predicted octanol–water partition coefficient (Wildman–Crippen LogP) is -0.867. The number of benzene rings is 1. The monoisotopic (exact) mass is 327 g/mol. The molecule has 1 aliphatic heterocycles. The van der Waals surface area contributed by atoms with E-state index in [1.165, 1.54) is 5.56 Å². The lowest BCUT2D eigenvalue weighted by molar-refractivity contribution is -0.696. The molecule has 1 aliphatic rings. The molecular formula is C13H14BrNO2S. The van der Waals surface area contributed by atoms with Crippen molar-refractivity contribution in [1.82, 2.24) is 0 Å². The Hall–Kier alpha value is -0.750. The largest absolute Gasteiger partial charge is 1.00 e. The molecule has 3 nitrogen and oxygen atoms in total. The smallest absolute Gasteiger partial charge is 0.294 e. The van der Waals surface area contributed by atoms with E-state index in [1.54, 1.807) is 11.3 Å². The fourth-order valence-electron chi connectivity index (χ4n) is 1.92. The number of nitrogens with zero attached hydrogens (tertiary/aromatic N) is 1. The van der Waals surface area contributed by atoms with Crippen molar-refractivity contribution >= 4 is 11.3 Å². The molecule has 0 aliphatic carbocycles. The number of halogens is 1. The minimum absolute atomic E-state index is 0. The summed E-state index contributed by atoms with van der Waals surface area (Å²) in [6.45, 7) is 2.24. The first-order valence-corrected chi connectivity index (χ1v) is 6.55. The Morgan fingerprint density at radius 1 is 1.17 bits per heavy atom. The van der Waals surface area contributed by atoms with Crippen molar-refractivity contribution in [3.63, 3.8) is 0 Å². The molecule has 0 amide bonds. The minimum Gasteiger partial charge on any atom is -1.00 e. The highest BCUT2D eigenvalue weighted by molar-refractivity contribution is 7.09. The van der Waals surface area contributed by atoms with E-state index in [-0.39, 0.29) is 23.3 Å². The summed E-state index contributed by atoms with van der Waals surface area (Å²) in [5.74, 6) is 0. The molecule has 96 valence electrons. The zero-order valence-corrected chi connectivity index (χ0v) is 12.2. The van der Waals surface area contributed by atoms with Crippen molar-refractivity contribution in [2.45, 2.75) is 12.8 Å². The van der Waals surface area contributed by atoms with Gasteiger partial charge in [0.25, 0.3) is 11.3 Å². The third-order valence-electron chi connectivity index (χ3n) is 2.73. The van der Waals surface area contributed by atoms with Gasteiger partial charge in [-0.05, 0) is 0 Å². The van der Waals surface area contributed by atoms with Crippen LogP contribution in [-0.2, 0) is 16.0 Å². The van der Waals surface area contributed by atoms with Gasteiger partial charge in [0.15, 0.2) is 12.7 Å². The molecule has 2 aromatic rings. The Bertz CT molecular complexity index is 483. The molecule has 0 saturated carbocycles. The molecule has 1 saturated heterocycles. The van der Waals surface area contributed by atoms with Crippen LogP contribution in [0.3, 0.4) is 0 Å². The van der Waals surface area contributed by atoms with Crippen LogP contribution < -0.4 is 21.5 Å². The molecule has 5 heteroatoms. The first kappa shape index (κ1) is 13.7. The van der Waals surface area contributed by atoms with Crippen LogP contribution in [0, 0.1) is 0 Å². The molecule has 2 heterocycles. The molecule has 1 aromatic carbocycles. The number of ether oxygens (including phenoxy) is 2. The van der Waals surface area contributed by atoms with Crippen molar-refractivity contribution in [3.8, 4) is 0 Å². The van der Waals surface area contributed by atoms with Crippen molar-refractivity contribution in [2.75, 3.05) is 13.2 Å². The molecule has 0 unspecified atom stereocenters. The van der Waals surface area contributed by atoms with E-state index < -0.39 is 0 Å². The summed E-state index contributed by atoms with van der Waals surface area (Å²) in [7, 11) is 0. The van der Waals surface area contributed by atoms with Gasteiger partial charge in [-0.25, -0.2) is 0 Å². The lowest BCUT2D eigenvalue weighted by atomic mass is 10.2. The van der Waals surface area contributed by atoms with Gasteiger partial charge >= 0.3 is 0 Å². The summed E-state index contributed by atoms with van der Waals surface area (Å²) in [6.07, 6.45) is 1.90. The van der Waals surface area contributed by atoms with Crippen LogP contribution in [0.4, 0.5) is 0 Å². The maximum absolute atomic E-state index is 5.54. The SMILES string of the molecule is [Br-].c1ccc(C[n+]2ccsc2C2OCCO2)cc1. The second-order valence-corrected chi connectivity index (χ2v) is 4.85. The van der Waals surface area contributed by atoms with Gasteiger partial charge in [0.05, 0.1) is 18.6 Å². The van der Waals surface area contributed by atoms with Crippen LogP contribution in [0.25, 0.3) is 0 Å². The summed E-state index contributed by atoms with van der Waals surface area (Å²) in [5, 5.41) is 3.20. The Morgan fingerprint density at radius 2 is 1.89 bits per heavy atom. The second kappa shape index (κ2) is 6.43. The van der Waals surface area contributed by atoms with Crippen LogP contribution in [0.5, 0.6) is 0 Å². The Kier molecular flexibility index (Phi) is 4.88. The molecule has 0 spiro atoms. The van der Waals surface area contributed by atoms with E-state index in [1.807, 2.05) is 6.07 Å². The maximum Gasteiger partial charge on any atom is 0.294 e. The standard InChI is InChI=1S/C13H14NO2S.BrH/c1-2-4-11(5-3-1)10-14-6-9-17-12(14)13-15-7-8-16-13;/h1-6,9,13H,7-8,10H2;1H/q+1;/p-1. The normalized spacial score (nSPS) is 15.6. The van der Waals surface area contributed by atoms with Gasteiger partial charge in [0.2, 0.25) is 0 Å². The molecule has 1 aromatic heterocycles. The zero-order chi connectivity index (χ0) is 11.5. The quantitative estimate of drug-likeness (QED) is 0.684. The Morgan fingerprint density at radius 3 is 2.61 bits per heavy atom. The average molecular weight is 328 g/mol. The topological polar surface area (TPSA) is 22.3 Å². The second-order valence-electron chi connectivity index (χ2n) is 3.93. The predicted molar refractivity (Wildman–Crippen MR) is 64.7 cm³/mol. The molecular weight excluding hydrogens is 314 g/mol. The zero-order valence-electron chi connectivity index (χ0n) is 9.79. The Labute approximate surface area is 121 Å². The van der Waals surface area contributed by atoms with Gasteiger partial charge in [-0.3, -0.25) is 0 Å². The lowest BCUT2D eigenvalue weighted by Gasteiger charge is -2.04. The van der Waals surface area contributed by atoms with Crippen LogP contribution in [0.15, 0.2) is 41.9 Å². The number of hydrogen-bond donors (Lipinski definition) is 0. The van der Waals surface area contributed by atoms with E-state index in [4.69, 9.17) is 9.47 Å². The highest BCUT2D eigenvalue weighted by Crippen LogP contribution is 2.23. The van der Waals surface area contributed by atoms with Crippen molar-refractivity contribution in [3.05, 3.63) is 52.5 Å². The van der Waals surface area contributed by atoms with E-state index in [0.29, 0.717) is 13.2 Å². The van der Waals surface area contributed by atoms with Gasteiger partial charge in [0.1, 0.15) is 0 Å². The Balaban J connectivity index is 0.00000120. The lowest BCUT2D eigenvalue weighted by Crippen LogP contribution is -3.00. The van der Waals surface area contributed by atoms with Gasteiger partial charge < -0.3 is 26.5 Å². The first-order valence-electron chi connectivity index (χ1n) is 5.67. The minimum atomic E-state index is -0.182. The van der Waals surface area contributed by atoms with Crippen LogP contribution in [-0.4, -0.2) is 13.2 Å². The summed E-state index contributed by atoms with van der Waals surface area (Å²) >= 11 is 1.68. The van der Waals surface area contributed by atoms with Crippen LogP contribution in [0.2, 0.25) is 0 Å². The van der Waals surface area contributed by atoms with Crippen molar-refractivity contribution < 1.29 is 31.0 Å². The van der Waals surface area contributed by atoms with Gasteiger partial charge in [-0.1, -0.05) is 41.7 Å². The maximum atomic E-state index is 5.54. The number of hydrogen-bond acceptors (Lipinski definition) is 3. The van der Waals surface area contributed by atoms with Crippen LogP contribution in [0.1, 0.15) is 16.9 Å². The average Bonchev–Trinajstić information content (AvgIpc) is 3.00. The van der Waals surface area contributed by atoms with Gasteiger partial charge in [-0.15, -0.1) is 0 Å². The van der Waals surface area contributed by atoms with Crippen molar-refractivity contribution in [2.24, 2.45) is 0 Å². The van der Waals surface area contributed by atoms with E-state index in [2.05, 4.69) is 40.4 Å². The fraction of sp³-hybridized carbons (Fsp3) is 0.308. The van der Waals surface area contributed by atoms with Crippen LogP contribution >= 0.6 is 11.3 Å². The number of thiazole rings is 1. The highest BCUT2D eigenvalue weighted by Gasteiger charge is 2.29. The molecule has 0 atom stereocenters. The summed E-state index contributed by atoms with van der Waals surface area (Å²) in [6, 6.07) is 10.4. The highest BCUT2D eigenvalue weighted by atomic mass is 79.9. The molecule has 0 N–H and O–H groups in total. The van der Waals surface area contributed by atoms with Gasteiger partial charge in [0, 0.05) is 5.56 Å². The van der Waals surface area contributed by atoms with E-state index >= 15 is 0 Å².